The Morgan fingerprint density at radius 2 is 2.00 bits per heavy atom. The van der Waals surface area contributed by atoms with Crippen LogP contribution in [0.4, 0.5) is 5.69 Å². The van der Waals surface area contributed by atoms with E-state index >= 15 is 0 Å². The van der Waals surface area contributed by atoms with Gasteiger partial charge in [0.25, 0.3) is 11.8 Å². The van der Waals surface area contributed by atoms with Gasteiger partial charge >= 0.3 is 0 Å². The van der Waals surface area contributed by atoms with E-state index in [4.69, 9.17) is 16.3 Å². The third kappa shape index (κ3) is 4.78. The van der Waals surface area contributed by atoms with Gasteiger partial charge in [0.15, 0.2) is 0 Å². The first-order valence-corrected chi connectivity index (χ1v) is 8.42. The fourth-order valence-corrected chi connectivity index (χ4v) is 2.66. The monoisotopic (exact) mass is 359 g/mol. The van der Waals surface area contributed by atoms with Crippen molar-refractivity contribution in [2.24, 2.45) is 0 Å². The van der Waals surface area contributed by atoms with Crippen molar-refractivity contribution in [2.75, 3.05) is 18.5 Å². The molecule has 1 aliphatic rings. The molecule has 1 aromatic carbocycles. The molecule has 7 heteroatoms. The van der Waals surface area contributed by atoms with Gasteiger partial charge in [-0.2, -0.15) is 0 Å². The largest absolute Gasteiger partial charge is 0.376 e. The summed E-state index contributed by atoms with van der Waals surface area (Å²) in [7, 11) is 0. The molecule has 0 saturated carbocycles. The molecule has 2 aromatic rings. The number of carbonyl (C=O) groups is 2. The molecule has 0 spiro atoms. The van der Waals surface area contributed by atoms with Crippen LogP contribution in [0.25, 0.3) is 0 Å². The van der Waals surface area contributed by atoms with E-state index in [0.29, 0.717) is 22.8 Å². The highest BCUT2D eigenvalue weighted by Crippen LogP contribution is 2.15. The van der Waals surface area contributed by atoms with Crippen molar-refractivity contribution in [3.63, 3.8) is 0 Å². The summed E-state index contributed by atoms with van der Waals surface area (Å²) >= 11 is 5.82. The van der Waals surface area contributed by atoms with Gasteiger partial charge in [-0.15, -0.1) is 0 Å². The van der Waals surface area contributed by atoms with Crippen molar-refractivity contribution in [1.82, 2.24) is 10.3 Å². The standard InChI is InChI=1S/C18H18ClN3O3/c19-13-3-5-14(6-4-13)22-18(24)16-10-12(7-8-20-16)17(23)21-11-15-2-1-9-25-15/h3-8,10,15H,1-2,9,11H2,(H,21,23)(H,22,24). The molecule has 25 heavy (non-hydrogen) atoms. The van der Waals surface area contributed by atoms with Crippen LogP contribution in [-0.2, 0) is 4.74 Å². The maximum absolute atomic E-state index is 12.3. The molecule has 2 amide bonds. The Morgan fingerprint density at radius 1 is 1.20 bits per heavy atom. The van der Waals surface area contributed by atoms with E-state index in [1.54, 1.807) is 30.3 Å². The van der Waals surface area contributed by atoms with Crippen molar-refractivity contribution in [3.05, 3.63) is 58.9 Å². The molecule has 130 valence electrons. The Balaban J connectivity index is 1.62. The zero-order chi connectivity index (χ0) is 17.6. The summed E-state index contributed by atoms with van der Waals surface area (Å²) in [4.78, 5) is 28.5. The van der Waals surface area contributed by atoms with Crippen LogP contribution in [0.1, 0.15) is 33.7 Å². The first-order valence-electron chi connectivity index (χ1n) is 8.04. The molecule has 1 saturated heterocycles. The van der Waals surface area contributed by atoms with Gasteiger partial charge < -0.3 is 15.4 Å². The summed E-state index contributed by atoms with van der Waals surface area (Å²) in [5, 5.41) is 6.13. The predicted octanol–water partition coefficient (Wildman–Crippen LogP) is 2.90. The van der Waals surface area contributed by atoms with Crippen LogP contribution in [0, 0.1) is 0 Å². The van der Waals surface area contributed by atoms with Crippen molar-refractivity contribution in [2.45, 2.75) is 18.9 Å². The minimum Gasteiger partial charge on any atom is -0.376 e. The number of hydrogen-bond acceptors (Lipinski definition) is 4. The number of amides is 2. The third-order valence-corrected chi connectivity index (χ3v) is 4.12. The molecule has 2 N–H and O–H groups in total. The number of nitrogens with one attached hydrogen (secondary N) is 2. The molecule has 2 heterocycles. The van der Waals surface area contributed by atoms with Crippen LogP contribution in [0.5, 0.6) is 0 Å². The van der Waals surface area contributed by atoms with E-state index in [-0.39, 0.29) is 17.7 Å². The number of anilines is 1. The molecule has 6 nitrogen and oxygen atoms in total. The molecule has 1 unspecified atom stereocenters. The topological polar surface area (TPSA) is 80.3 Å². The van der Waals surface area contributed by atoms with Crippen LogP contribution < -0.4 is 10.6 Å². The molecular formula is C18H18ClN3O3. The number of pyridine rings is 1. The maximum atomic E-state index is 12.3. The van der Waals surface area contributed by atoms with E-state index < -0.39 is 5.91 Å². The van der Waals surface area contributed by atoms with Crippen LogP contribution in [0.2, 0.25) is 5.02 Å². The molecule has 1 aliphatic heterocycles. The molecule has 3 rings (SSSR count). The zero-order valence-corrected chi connectivity index (χ0v) is 14.3. The van der Waals surface area contributed by atoms with Gasteiger partial charge in [-0.25, -0.2) is 0 Å². The SMILES string of the molecule is O=C(NCC1CCCO1)c1ccnc(C(=O)Nc2ccc(Cl)cc2)c1. The lowest BCUT2D eigenvalue weighted by Crippen LogP contribution is -2.32. The lowest BCUT2D eigenvalue weighted by atomic mass is 10.2. The molecule has 0 bridgehead atoms. The average Bonchev–Trinajstić information content (AvgIpc) is 3.15. The van der Waals surface area contributed by atoms with Gasteiger partial charge in [-0.3, -0.25) is 14.6 Å². The minimum absolute atomic E-state index is 0.0680. The third-order valence-electron chi connectivity index (χ3n) is 3.87. The molecule has 1 fully saturated rings. The summed E-state index contributed by atoms with van der Waals surface area (Å²) in [6, 6.07) is 9.79. The second-order valence-electron chi connectivity index (χ2n) is 5.74. The summed E-state index contributed by atoms with van der Waals surface area (Å²) in [6.45, 7) is 1.21. The number of ether oxygens (including phenoxy) is 1. The van der Waals surface area contributed by atoms with E-state index in [9.17, 15) is 9.59 Å². The van der Waals surface area contributed by atoms with E-state index in [1.807, 2.05) is 0 Å². The number of aromatic nitrogens is 1. The van der Waals surface area contributed by atoms with Crippen molar-refractivity contribution >= 4 is 29.1 Å². The minimum atomic E-state index is -0.393. The quantitative estimate of drug-likeness (QED) is 0.860. The maximum Gasteiger partial charge on any atom is 0.274 e. The summed E-state index contributed by atoms with van der Waals surface area (Å²) in [6.07, 6.45) is 3.48. The van der Waals surface area contributed by atoms with E-state index in [0.717, 1.165) is 19.4 Å². The summed E-state index contributed by atoms with van der Waals surface area (Å²) < 4.78 is 5.48. The lowest BCUT2D eigenvalue weighted by molar-refractivity contribution is 0.0857. The Bertz CT molecular complexity index is 758. The first kappa shape index (κ1) is 17.4. The van der Waals surface area contributed by atoms with Gasteiger partial charge in [-0.1, -0.05) is 11.6 Å². The second kappa shape index (κ2) is 8.09. The van der Waals surface area contributed by atoms with Gasteiger partial charge in [0, 0.05) is 35.6 Å². The molecular weight excluding hydrogens is 342 g/mol. The predicted molar refractivity (Wildman–Crippen MR) is 94.9 cm³/mol. The molecule has 1 atom stereocenters. The smallest absolute Gasteiger partial charge is 0.274 e. The summed E-state index contributed by atoms with van der Waals surface area (Å²) in [5.74, 6) is -0.644. The van der Waals surface area contributed by atoms with Crippen molar-refractivity contribution in [1.29, 1.82) is 0 Å². The number of halogens is 1. The van der Waals surface area contributed by atoms with Gasteiger partial charge in [0.2, 0.25) is 0 Å². The van der Waals surface area contributed by atoms with Crippen LogP contribution in [-0.4, -0.2) is 36.1 Å². The number of benzene rings is 1. The summed E-state index contributed by atoms with van der Waals surface area (Å²) in [5.41, 5.74) is 1.15. The first-order chi connectivity index (χ1) is 12.1. The fourth-order valence-electron chi connectivity index (χ4n) is 2.54. The van der Waals surface area contributed by atoms with Gasteiger partial charge in [0.05, 0.1) is 6.10 Å². The highest BCUT2D eigenvalue weighted by molar-refractivity contribution is 6.30. The van der Waals surface area contributed by atoms with E-state index in [1.165, 1.54) is 12.3 Å². The molecule has 0 radical (unpaired) electrons. The van der Waals surface area contributed by atoms with Crippen LogP contribution >= 0.6 is 11.6 Å². The molecule has 1 aromatic heterocycles. The zero-order valence-electron chi connectivity index (χ0n) is 13.5. The van der Waals surface area contributed by atoms with Crippen molar-refractivity contribution < 1.29 is 14.3 Å². The number of rotatable bonds is 5. The highest BCUT2D eigenvalue weighted by Gasteiger charge is 2.17. The van der Waals surface area contributed by atoms with E-state index in [2.05, 4.69) is 15.6 Å². The van der Waals surface area contributed by atoms with Crippen LogP contribution in [0.15, 0.2) is 42.6 Å². The Hall–Kier alpha value is -2.44. The van der Waals surface area contributed by atoms with Gasteiger partial charge in [0.1, 0.15) is 5.69 Å². The highest BCUT2D eigenvalue weighted by atomic mass is 35.5. The van der Waals surface area contributed by atoms with Crippen molar-refractivity contribution in [3.8, 4) is 0 Å². The number of hydrogen-bond donors (Lipinski definition) is 2. The number of carbonyl (C=O) groups excluding carboxylic acids is 2. The second-order valence-corrected chi connectivity index (χ2v) is 6.17. The fraction of sp³-hybridized carbons (Fsp3) is 0.278. The Morgan fingerprint density at radius 3 is 2.72 bits per heavy atom. The average molecular weight is 360 g/mol. The van der Waals surface area contributed by atoms with Gasteiger partial charge in [-0.05, 0) is 49.2 Å². The lowest BCUT2D eigenvalue weighted by Gasteiger charge is -2.11. The molecule has 0 aliphatic carbocycles. The Labute approximate surface area is 150 Å². The van der Waals surface area contributed by atoms with Crippen LogP contribution in [0.3, 0.4) is 0 Å². The Kier molecular flexibility index (Phi) is 5.63. The normalized spacial score (nSPS) is 16.4. The number of nitrogens with zero attached hydrogens (tertiary/aromatic N) is 1.